The summed E-state index contributed by atoms with van der Waals surface area (Å²) < 4.78 is 7.32. The van der Waals surface area contributed by atoms with Crippen LogP contribution in [0.25, 0.3) is 0 Å². The number of aryl methyl sites for hydroxylation is 1. The highest BCUT2D eigenvalue weighted by Gasteiger charge is 2.01. The Kier molecular flexibility index (Phi) is 4.36. The molecule has 0 radical (unpaired) electrons. The summed E-state index contributed by atoms with van der Waals surface area (Å²) in [7, 11) is 1.71. The van der Waals surface area contributed by atoms with E-state index in [0.29, 0.717) is 6.61 Å². The van der Waals surface area contributed by atoms with Crippen LogP contribution in [0.2, 0.25) is 0 Å². The molecular weight excluding hydrogens is 226 g/mol. The molecule has 0 spiro atoms. The normalized spacial score (nSPS) is 10.6. The predicted octanol–water partition coefficient (Wildman–Crippen LogP) is 2.45. The van der Waals surface area contributed by atoms with Gasteiger partial charge in [0.1, 0.15) is 5.82 Å². The fourth-order valence-corrected chi connectivity index (χ4v) is 1.93. The van der Waals surface area contributed by atoms with Crippen molar-refractivity contribution in [3.63, 3.8) is 0 Å². The third kappa shape index (κ3) is 3.11. The van der Waals surface area contributed by atoms with E-state index in [1.165, 1.54) is 5.56 Å². The second-order valence-electron chi connectivity index (χ2n) is 4.18. The number of aromatic nitrogens is 2. The molecule has 2 rings (SSSR count). The quantitative estimate of drug-likeness (QED) is 0.849. The van der Waals surface area contributed by atoms with Gasteiger partial charge in [-0.2, -0.15) is 0 Å². The van der Waals surface area contributed by atoms with E-state index in [4.69, 9.17) is 4.74 Å². The van der Waals surface area contributed by atoms with Crippen molar-refractivity contribution in [2.45, 2.75) is 20.1 Å². The molecule has 0 saturated heterocycles. The highest BCUT2D eigenvalue weighted by atomic mass is 16.5. The van der Waals surface area contributed by atoms with Crippen LogP contribution in [-0.4, -0.2) is 23.2 Å². The van der Waals surface area contributed by atoms with Crippen molar-refractivity contribution in [1.82, 2.24) is 9.55 Å². The van der Waals surface area contributed by atoms with Crippen LogP contribution >= 0.6 is 0 Å². The van der Waals surface area contributed by atoms with Crippen molar-refractivity contribution in [1.29, 1.82) is 0 Å². The molecule has 18 heavy (non-hydrogen) atoms. The van der Waals surface area contributed by atoms with Crippen molar-refractivity contribution in [3.8, 4) is 0 Å². The standard InChI is InChI=1S/C14H19N3O/c1-12-15-7-9-17(12)10-8-16-14-6-4-3-5-13(14)11-18-2/h3-7,9,16H,8,10-11H2,1-2H3. The van der Waals surface area contributed by atoms with Gasteiger partial charge in [-0.25, -0.2) is 4.98 Å². The third-order valence-corrected chi connectivity index (χ3v) is 2.91. The van der Waals surface area contributed by atoms with Crippen LogP contribution in [0.5, 0.6) is 0 Å². The zero-order valence-electron chi connectivity index (χ0n) is 10.9. The number of anilines is 1. The molecular formula is C14H19N3O. The van der Waals surface area contributed by atoms with Crippen molar-refractivity contribution >= 4 is 5.69 Å². The number of rotatable bonds is 6. The Labute approximate surface area is 108 Å². The number of para-hydroxylation sites is 1. The molecule has 0 saturated carbocycles. The Morgan fingerprint density at radius 3 is 2.89 bits per heavy atom. The van der Waals surface area contributed by atoms with E-state index in [0.717, 1.165) is 24.6 Å². The first kappa shape index (κ1) is 12.6. The van der Waals surface area contributed by atoms with Gasteiger partial charge in [-0.15, -0.1) is 0 Å². The Bertz CT molecular complexity index is 493. The smallest absolute Gasteiger partial charge is 0.105 e. The van der Waals surface area contributed by atoms with E-state index in [1.54, 1.807) is 7.11 Å². The van der Waals surface area contributed by atoms with Gasteiger partial charge in [0, 0.05) is 43.8 Å². The van der Waals surface area contributed by atoms with Gasteiger partial charge in [-0.3, -0.25) is 0 Å². The average molecular weight is 245 g/mol. The highest BCUT2D eigenvalue weighted by molar-refractivity contribution is 5.50. The van der Waals surface area contributed by atoms with Crippen molar-refractivity contribution in [2.75, 3.05) is 19.0 Å². The molecule has 0 aliphatic carbocycles. The monoisotopic (exact) mass is 245 g/mol. The topological polar surface area (TPSA) is 39.1 Å². The van der Waals surface area contributed by atoms with Crippen LogP contribution in [-0.2, 0) is 17.9 Å². The minimum Gasteiger partial charge on any atom is -0.383 e. The number of hydrogen-bond donors (Lipinski definition) is 1. The summed E-state index contributed by atoms with van der Waals surface area (Å²) in [5.74, 6) is 1.04. The zero-order chi connectivity index (χ0) is 12.8. The van der Waals surface area contributed by atoms with Crippen molar-refractivity contribution in [2.24, 2.45) is 0 Å². The largest absolute Gasteiger partial charge is 0.383 e. The van der Waals surface area contributed by atoms with Gasteiger partial charge < -0.3 is 14.6 Å². The van der Waals surface area contributed by atoms with E-state index in [-0.39, 0.29) is 0 Å². The maximum atomic E-state index is 5.18. The minimum atomic E-state index is 0.632. The van der Waals surface area contributed by atoms with Crippen LogP contribution in [0.4, 0.5) is 5.69 Å². The van der Waals surface area contributed by atoms with Crippen molar-refractivity contribution < 1.29 is 4.74 Å². The first-order valence-corrected chi connectivity index (χ1v) is 6.09. The van der Waals surface area contributed by atoms with Gasteiger partial charge in [0.05, 0.1) is 6.61 Å². The second-order valence-corrected chi connectivity index (χ2v) is 4.18. The number of nitrogens with one attached hydrogen (secondary N) is 1. The van der Waals surface area contributed by atoms with Gasteiger partial charge in [0.2, 0.25) is 0 Å². The fourth-order valence-electron chi connectivity index (χ4n) is 1.93. The lowest BCUT2D eigenvalue weighted by molar-refractivity contribution is 0.185. The maximum Gasteiger partial charge on any atom is 0.105 e. The second kappa shape index (κ2) is 6.21. The van der Waals surface area contributed by atoms with E-state index in [9.17, 15) is 0 Å². The molecule has 0 aliphatic rings. The Morgan fingerprint density at radius 2 is 2.17 bits per heavy atom. The number of imidazole rings is 1. The summed E-state index contributed by atoms with van der Waals surface area (Å²) >= 11 is 0. The van der Waals surface area contributed by atoms with Gasteiger partial charge >= 0.3 is 0 Å². The van der Waals surface area contributed by atoms with Crippen LogP contribution in [0, 0.1) is 6.92 Å². The molecule has 1 aromatic heterocycles. The average Bonchev–Trinajstić information content (AvgIpc) is 2.78. The third-order valence-electron chi connectivity index (χ3n) is 2.91. The molecule has 96 valence electrons. The Balaban J connectivity index is 1.92. The van der Waals surface area contributed by atoms with Crippen LogP contribution in [0.3, 0.4) is 0 Å². The Hall–Kier alpha value is -1.81. The highest BCUT2D eigenvalue weighted by Crippen LogP contribution is 2.15. The van der Waals surface area contributed by atoms with Crippen molar-refractivity contribution in [3.05, 3.63) is 48.0 Å². The SMILES string of the molecule is COCc1ccccc1NCCn1ccnc1C. The lowest BCUT2D eigenvalue weighted by Crippen LogP contribution is -2.12. The van der Waals surface area contributed by atoms with E-state index in [2.05, 4.69) is 27.0 Å². The summed E-state index contributed by atoms with van der Waals surface area (Å²) in [5, 5.41) is 3.43. The van der Waals surface area contributed by atoms with Crippen LogP contribution in [0.15, 0.2) is 36.7 Å². The first-order chi connectivity index (χ1) is 8.81. The molecule has 0 unspecified atom stereocenters. The predicted molar refractivity (Wildman–Crippen MR) is 72.6 cm³/mol. The number of nitrogens with zero attached hydrogens (tertiary/aromatic N) is 2. The molecule has 1 heterocycles. The summed E-state index contributed by atoms with van der Waals surface area (Å²) in [6.07, 6.45) is 3.83. The van der Waals surface area contributed by atoms with Gasteiger partial charge in [-0.1, -0.05) is 18.2 Å². The molecule has 0 bridgehead atoms. The summed E-state index contributed by atoms with van der Waals surface area (Å²) in [6.45, 7) is 4.43. The number of ether oxygens (including phenoxy) is 1. The molecule has 0 aliphatic heterocycles. The van der Waals surface area contributed by atoms with Crippen LogP contribution < -0.4 is 5.32 Å². The lowest BCUT2D eigenvalue weighted by Gasteiger charge is -2.12. The first-order valence-electron chi connectivity index (χ1n) is 6.09. The number of benzene rings is 1. The molecule has 0 atom stereocenters. The molecule has 0 amide bonds. The van der Waals surface area contributed by atoms with E-state index in [1.807, 2.05) is 31.5 Å². The maximum absolute atomic E-state index is 5.18. The molecule has 4 nitrogen and oxygen atoms in total. The molecule has 4 heteroatoms. The lowest BCUT2D eigenvalue weighted by atomic mass is 10.2. The zero-order valence-corrected chi connectivity index (χ0v) is 10.9. The van der Waals surface area contributed by atoms with E-state index < -0.39 is 0 Å². The molecule has 1 N–H and O–H groups in total. The van der Waals surface area contributed by atoms with Gasteiger partial charge in [-0.05, 0) is 13.0 Å². The van der Waals surface area contributed by atoms with Gasteiger partial charge in [0.25, 0.3) is 0 Å². The number of hydrogen-bond acceptors (Lipinski definition) is 3. The van der Waals surface area contributed by atoms with Crippen LogP contribution in [0.1, 0.15) is 11.4 Å². The summed E-state index contributed by atoms with van der Waals surface area (Å²) in [5.41, 5.74) is 2.32. The molecule has 0 fully saturated rings. The number of methoxy groups -OCH3 is 1. The van der Waals surface area contributed by atoms with Gasteiger partial charge in [0.15, 0.2) is 0 Å². The fraction of sp³-hybridized carbons (Fsp3) is 0.357. The molecule has 1 aromatic carbocycles. The summed E-state index contributed by atoms with van der Waals surface area (Å²) in [4.78, 5) is 4.20. The minimum absolute atomic E-state index is 0.632. The summed E-state index contributed by atoms with van der Waals surface area (Å²) in [6, 6.07) is 8.22. The molecule has 2 aromatic rings. The Morgan fingerprint density at radius 1 is 1.33 bits per heavy atom. The van der Waals surface area contributed by atoms with E-state index >= 15 is 0 Å².